The highest BCUT2D eigenvalue weighted by atomic mass is 32.2. The Morgan fingerprint density at radius 1 is 1.50 bits per heavy atom. The van der Waals surface area contributed by atoms with Crippen molar-refractivity contribution in [2.45, 2.75) is 13.3 Å². The van der Waals surface area contributed by atoms with Crippen LogP contribution >= 0.6 is 23.1 Å². The van der Waals surface area contributed by atoms with Crippen molar-refractivity contribution in [2.75, 3.05) is 0 Å². The molecule has 0 unspecified atom stereocenters. The molecule has 4 heteroatoms. The minimum atomic E-state index is 0.905. The van der Waals surface area contributed by atoms with Crippen LogP contribution in [0.3, 0.4) is 0 Å². The number of allylic oxidation sites excluding steroid dienone is 2. The van der Waals surface area contributed by atoms with E-state index < -0.39 is 0 Å². The zero-order valence-electron chi connectivity index (χ0n) is 7.86. The Bertz CT molecular complexity index is 416. The molecule has 1 aliphatic rings. The second kappa shape index (κ2) is 4.11. The van der Waals surface area contributed by atoms with Gasteiger partial charge in [0.15, 0.2) is 0 Å². The van der Waals surface area contributed by atoms with Crippen LogP contribution in [0.4, 0.5) is 10.7 Å². The molecule has 0 aliphatic carbocycles. The van der Waals surface area contributed by atoms with E-state index in [4.69, 9.17) is 0 Å². The highest BCUT2D eigenvalue weighted by Gasteiger charge is 2.09. The van der Waals surface area contributed by atoms with Crippen LogP contribution in [0.1, 0.15) is 13.3 Å². The molecule has 2 nitrogen and oxygen atoms in total. The number of thioether (sulfide) groups is 1. The fourth-order valence-corrected chi connectivity index (χ4v) is 2.68. The molecule has 0 saturated heterocycles. The van der Waals surface area contributed by atoms with Gasteiger partial charge in [-0.25, -0.2) is 4.99 Å². The second-order valence-corrected chi connectivity index (χ2v) is 5.11. The van der Waals surface area contributed by atoms with E-state index >= 15 is 0 Å². The average Bonchev–Trinajstić information content (AvgIpc) is 2.76. The van der Waals surface area contributed by atoms with E-state index in [2.05, 4.69) is 29.7 Å². The second-order valence-electron chi connectivity index (χ2n) is 2.90. The molecular weight excluding hydrogens is 212 g/mol. The van der Waals surface area contributed by atoms with E-state index in [1.807, 2.05) is 11.4 Å². The molecule has 14 heavy (non-hydrogen) atoms. The van der Waals surface area contributed by atoms with Gasteiger partial charge in [-0.05, 0) is 30.0 Å². The first-order chi connectivity index (χ1) is 6.79. The monoisotopic (exact) mass is 222 g/mol. The summed E-state index contributed by atoms with van der Waals surface area (Å²) in [6.45, 7) is 5.63. The van der Waals surface area contributed by atoms with Crippen molar-refractivity contribution in [3.05, 3.63) is 22.4 Å². The zero-order chi connectivity index (χ0) is 9.97. The lowest BCUT2D eigenvalue weighted by Gasteiger charge is -1.95. The quantitative estimate of drug-likeness (QED) is 0.690. The molecule has 0 atom stereocenters. The molecule has 0 spiro atoms. The summed E-state index contributed by atoms with van der Waals surface area (Å²) in [6, 6.07) is 1.98. The first-order valence-corrected chi connectivity index (χ1v) is 5.95. The van der Waals surface area contributed by atoms with Gasteiger partial charge in [-0.3, -0.25) is 4.99 Å². The Kier molecular flexibility index (Phi) is 2.84. The molecule has 72 valence electrons. The van der Waals surface area contributed by atoms with Crippen LogP contribution < -0.4 is 0 Å². The largest absolute Gasteiger partial charge is 0.251 e. The predicted octanol–water partition coefficient (Wildman–Crippen LogP) is 4.15. The summed E-state index contributed by atoms with van der Waals surface area (Å²) in [5.41, 5.74) is 0.940. The first-order valence-electron chi connectivity index (χ1n) is 4.26. The third-order valence-electron chi connectivity index (χ3n) is 1.86. The molecule has 1 aromatic heterocycles. The molecule has 0 radical (unpaired) electrons. The van der Waals surface area contributed by atoms with Crippen molar-refractivity contribution in [3.8, 4) is 0 Å². The fraction of sp³-hybridized carbons (Fsp3) is 0.200. The van der Waals surface area contributed by atoms with E-state index in [-0.39, 0.29) is 0 Å². The smallest absolute Gasteiger partial charge is 0.141 e. The van der Waals surface area contributed by atoms with E-state index in [0.717, 1.165) is 22.2 Å². The molecule has 0 aromatic carbocycles. The summed E-state index contributed by atoms with van der Waals surface area (Å²) in [5, 5.41) is 4.04. The lowest BCUT2D eigenvalue weighted by molar-refractivity contribution is 1.45. The Hall–Kier alpha value is -0.870. The average molecular weight is 222 g/mol. The molecule has 1 aromatic rings. The molecule has 2 heterocycles. The van der Waals surface area contributed by atoms with Gasteiger partial charge in [-0.15, -0.1) is 11.3 Å². The molecule has 0 bridgehead atoms. The lowest BCUT2D eigenvalue weighted by atomic mass is 10.4. The van der Waals surface area contributed by atoms with Gasteiger partial charge in [0.1, 0.15) is 10.7 Å². The molecule has 0 amide bonds. The Labute approximate surface area is 91.5 Å². The third-order valence-corrected chi connectivity index (χ3v) is 3.67. The van der Waals surface area contributed by atoms with Crippen molar-refractivity contribution in [3.63, 3.8) is 0 Å². The van der Waals surface area contributed by atoms with Gasteiger partial charge < -0.3 is 0 Å². The van der Waals surface area contributed by atoms with Gasteiger partial charge in [0.25, 0.3) is 0 Å². The first kappa shape index (κ1) is 9.68. The van der Waals surface area contributed by atoms with Crippen LogP contribution in [0.25, 0.3) is 0 Å². The maximum atomic E-state index is 4.54. The van der Waals surface area contributed by atoms with Crippen LogP contribution in [0.15, 0.2) is 32.4 Å². The van der Waals surface area contributed by atoms with E-state index in [0.29, 0.717) is 0 Å². The maximum Gasteiger partial charge on any atom is 0.141 e. The van der Waals surface area contributed by atoms with E-state index in [1.165, 1.54) is 4.91 Å². The van der Waals surface area contributed by atoms with Crippen LogP contribution in [0, 0.1) is 0 Å². The Balaban J connectivity index is 2.22. The number of nitrogens with zero attached hydrogens (tertiary/aromatic N) is 2. The third kappa shape index (κ3) is 1.96. The van der Waals surface area contributed by atoms with Crippen LogP contribution in [-0.4, -0.2) is 11.8 Å². The number of thiophene rings is 1. The zero-order valence-corrected chi connectivity index (χ0v) is 9.49. The number of aliphatic imine (C=N–C) groups is 2. The maximum absolute atomic E-state index is 4.54. The normalized spacial score (nSPS) is 18.6. The van der Waals surface area contributed by atoms with Crippen molar-refractivity contribution >= 4 is 45.5 Å². The van der Waals surface area contributed by atoms with E-state index in [9.17, 15) is 0 Å². The molecule has 0 fully saturated rings. The molecule has 0 N–H and O–H groups in total. The standard InChI is InChI=1S/C10H10N2S2/c1-7-3-4-9(14-7)12-8-5-6-13-10(8)11-2/h3,5-6H,2,4H2,1H3/b12-9+. The van der Waals surface area contributed by atoms with Gasteiger partial charge in [0.2, 0.25) is 0 Å². The van der Waals surface area contributed by atoms with Crippen molar-refractivity contribution in [1.29, 1.82) is 0 Å². The van der Waals surface area contributed by atoms with Gasteiger partial charge in [0, 0.05) is 6.42 Å². The SMILES string of the molecule is C=Nc1sccc1/N=C1\CC=C(C)S1. The highest BCUT2D eigenvalue weighted by molar-refractivity contribution is 8.17. The van der Waals surface area contributed by atoms with Gasteiger partial charge >= 0.3 is 0 Å². The van der Waals surface area contributed by atoms with Crippen LogP contribution in [0.5, 0.6) is 0 Å². The summed E-state index contributed by atoms with van der Waals surface area (Å²) >= 11 is 3.31. The van der Waals surface area contributed by atoms with Gasteiger partial charge in [-0.1, -0.05) is 17.8 Å². The van der Waals surface area contributed by atoms with Crippen molar-refractivity contribution < 1.29 is 0 Å². The number of rotatable bonds is 2. The van der Waals surface area contributed by atoms with Crippen molar-refractivity contribution in [2.24, 2.45) is 9.98 Å². The Morgan fingerprint density at radius 2 is 2.36 bits per heavy atom. The number of hydrogen-bond donors (Lipinski definition) is 0. The van der Waals surface area contributed by atoms with Crippen molar-refractivity contribution in [1.82, 2.24) is 0 Å². The van der Waals surface area contributed by atoms with E-state index in [1.54, 1.807) is 23.1 Å². The summed E-state index contributed by atoms with van der Waals surface area (Å²) in [5.74, 6) is 0. The summed E-state index contributed by atoms with van der Waals surface area (Å²) in [6.07, 6.45) is 3.14. The van der Waals surface area contributed by atoms with Crippen LogP contribution in [-0.2, 0) is 0 Å². The highest BCUT2D eigenvalue weighted by Crippen LogP contribution is 2.36. The molecule has 0 saturated carbocycles. The molecule has 1 aliphatic heterocycles. The van der Waals surface area contributed by atoms with Gasteiger partial charge in [-0.2, -0.15) is 0 Å². The summed E-state index contributed by atoms with van der Waals surface area (Å²) in [7, 11) is 0. The predicted molar refractivity (Wildman–Crippen MR) is 66.6 cm³/mol. The minimum Gasteiger partial charge on any atom is -0.251 e. The molecule has 2 rings (SSSR count). The summed E-state index contributed by atoms with van der Waals surface area (Å²) in [4.78, 5) is 9.80. The topological polar surface area (TPSA) is 24.7 Å². The minimum absolute atomic E-state index is 0.905. The van der Waals surface area contributed by atoms with Crippen LogP contribution in [0.2, 0.25) is 0 Å². The molecular formula is C10H10N2S2. The summed E-state index contributed by atoms with van der Waals surface area (Å²) < 4.78 is 0. The van der Waals surface area contributed by atoms with Gasteiger partial charge in [0.05, 0.1) is 5.04 Å². The lowest BCUT2D eigenvalue weighted by Crippen LogP contribution is -1.80. The Morgan fingerprint density at radius 3 is 3.00 bits per heavy atom. The fourth-order valence-electron chi connectivity index (χ4n) is 1.20. The number of hydrogen-bond acceptors (Lipinski definition) is 4.